The molecule has 2 saturated heterocycles. The van der Waals surface area contributed by atoms with Gasteiger partial charge in [0.25, 0.3) is 0 Å². The highest BCUT2D eigenvalue weighted by Crippen LogP contribution is 2.35. The lowest BCUT2D eigenvalue weighted by Gasteiger charge is -2.42. The second-order valence-corrected chi connectivity index (χ2v) is 11.5. The number of carbonyl (C=O) groups is 1. The molecule has 10 heteroatoms. The van der Waals surface area contributed by atoms with Crippen LogP contribution in [0.15, 0.2) is 43.2 Å². The maximum Gasteiger partial charge on any atom is 0.318 e. The Hall–Kier alpha value is -4.23. The highest BCUT2D eigenvalue weighted by molar-refractivity contribution is 5.96. The molecule has 42 heavy (non-hydrogen) atoms. The number of fused-ring (bicyclic) bond motifs is 2. The molecule has 2 aromatic heterocycles. The number of pyridine rings is 1. The topological polar surface area (TPSA) is 102 Å². The predicted molar refractivity (Wildman–Crippen MR) is 163 cm³/mol. The summed E-state index contributed by atoms with van der Waals surface area (Å²) in [4.78, 5) is 35.7. The van der Waals surface area contributed by atoms with Crippen molar-refractivity contribution < 1.29 is 9.53 Å². The van der Waals surface area contributed by atoms with Crippen LogP contribution in [-0.2, 0) is 17.8 Å². The summed E-state index contributed by atoms with van der Waals surface area (Å²) >= 11 is 0. The van der Waals surface area contributed by atoms with Crippen LogP contribution in [0.3, 0.4) is 0 Å². The van der Waals surface area contributed by atoms with E-state index in [1.54, 1.807) is 4.90 Å². The van der Waals surface area contributed by atoms with Crippen LogP contribution in [0.5, 0.6) is 6.01 Å². The summed E-state index contributed by atoms with van der Waals surface area (Å²) in [5.74, 6) is 0.717. The number of ether oxygens (including phenoxy) is 1. The van der Waals surface area contributed by atoms with Crippen molar-refractivity contribution in [2.45, 2.75) is 51.2 Å². The van der Waals surface area contributed by atoms with E-state index in [9.17, 15) is 10.1 Å². The quantitative estimate of drug-likeness (QED) is 0.314. The van der Waals surface area contributed by atoms with Crippen molar-refractivity contribution in [1.82, 2.24) is 24.8 Å². The van der Waals surface area contributed by atoms with Gasteiger partial charge in [-0.2, -0.15) is 15.2 Å². The molecule has 3 aliphatic rings. The van der Waals surface area contributed by atoms with Gasteiger partial charge in [0.2, 0.25) is 5.91 Å². The Morgan fingerprint density at radius 1 is 1.17 bits per heavy atom. The van der Waals surface area contributed by atoms with E-state index in [4.69, 9.17) is 14.7 Å². The van der Waals surface area contributed by atoms with Crippen LogP contribution in [0.25, 0.3) is 10.8 Å². The number of amides is 1. The Bertz CT molecular complexity index is 1530. The number of hydrogen-bond acceptors (Lipinski definition) is 9. The average molecular weight is 568 g/mol. The highest BCUT2D eigenvalue weighted by Gasteiger charge is 2.33. The first kappa shape index (κ1) is 27.9. The smallest absolute Gasteiger partial charge is 0.318 e. The standard InChI is InChI=1S/C32H38N8O2/c1-4-29(41)40-16-15-39(19-24(40)10-12-33)31-26-11-14-38(28-18-34-17-23-8-5-7-22(2)30(23)28)20-27(26)35-32(36-31)42-21-25-9-6-13-37(25)3/h4-5,7-8,17-18,24-25H,1,6,9-11,13-16,19-21H2,2-3H3/t24-,25-/m0/s1/i2+1. The van der Waals surface area contributed by atoms with Gasteiger partial charge in [0.1, 0.15) is 12.4 Å². The second-order valence-electron chi connectivity index (χ2n) is 11.5. The molecule has 0 unspecified atom stereocenters. The third-order valence-electron chi connectivity index (χ3n) is 8.98. The summed E-state index contributed by atoms with van der Waals surface area (Å²) in [6.45, 7) is 10.5. The molecule has 0 aliphatic carbocycles. The predicted octanol–water partition coefficient (Wildman–Crippen LogP) is 3.49. The zero-order chi connectivity index (χ0) is 29.2. The van der Waals surface area contributed by atoms with Gasteiger partial charge >= 0.3 is 6.01 Å². The normalized spacial score (nSPS) is 20.8. The van der Waals surface area contributed by atoms with Crippen LogP contribution < -0.4 is 14.5 Å². The number of likely N-dealkylation sites (tertiary alicyclic amines) is 1. The van der Waals surface area contributed by atoms with E-state index in [2.05, 4.69) is 64.5 Å². The third kappa shape index (κ3) is 5.37. The lowest BCUT2D eigenvalue weighted by atomic mass is 10.0. The summed E-state index contributed by atoms with van der Waals surface area (Å²) in [6, 6.07) is 9.09. The van der Waals surface area contributed by atoms with Gasteiger partial charge in [0.15, 0.2) is 0 Å². The van der Waals surface area contributed by atoms with Gasteiger partial charge in [-0.1, -0.05) is 24.8 Å². The Kier molecular flexibility index (Phi) is 7.94. The summed E-state index contributed by atoms with van der Waals surface area (Å²) in [6.07, 6.45) is 8.50. The molecule has 2 fully saturated rings. The highest BCUT2D eigenvalue weighted by atomic mass is 16.5. The number of likely N-dealkylation sites (N-methyl/N-ethyl adjacent to an activating group) is 1. The lowest BCUT2D eigenvalue weighted by molar-refractivity contribution is -0.128. The third-order valence-corrected chi connectivity index (χ3v) is 8.98. The van der Waals surface area contributed by atoms with Gasteiger partial charge in [-0.25, -0.2) is 0 Å². The van der Waals surface area contributed by atoms with Crippen LogP contribution in [-0.4, -0.2) is 89.1 Å². The number of benzene rings is 1. The number of piperazine rings is 1. The van der Waals surface area contributed by atoms with E-state index >= 15 is 0 Å². The maximum absolute atomic E-state index is 12.5. The van der Waals surface area contributed by atoms with Crippen molar-refractivity contribution in [3.63, 3.8) is 0 Å². The average Bonchev–Trinajstić information content (AvgIpc) is 3.43. The maximum atomic E-state index is 12.5. The van der Waals surface area contributed by atoms with Gasteiger partial charge in [0.05, 0.1) is 42.7 Å². The Labute approximate surface area is 247 Å². The fraction of sp³-hybridized carbons (Fsp3) is 0.469. The zero-order valence-corrected chi connectivity index (χ0v) is 24.5. The first-order valence-corrected chi connectivity index (χ1v) is 14.8. The number of rotatable bonds is 7. The number of aromatic nitrogens is 3. The fourth-order valence-corrected chi connectivity index (χ4v) is 6.66. The van der Waals surface area contributed by atoms with Gasteiger partial charge in [-0.3, -0.25) is 9.78 Å². The van der Waals surface area contributed by atoms with Crippen molar-refractivity contribution in [1.29, 1.82) is 5.26 Å². The van der Waals surface area contributed by atoms with Crippen molar-refractivity contribution >= 4 is 28.2 Å². The fourth-order valence-electron chi connectivity index (χ4n) is 6.66. The number of anilines is 2. The Morgan fingerprint density at radius 2 is 2.05 bits per heavy atom. The molecule has 0 N–H and O–H groups in total. The molecule has 1 amide bonds. The molecule has 218 valence electrons. The largest absolute Gasteiger partial charge is 0.462 e. The van der Waals surface area contributed by atoms with Crippen molar-refractivity contribution in [2.75, 3.05) is 56.2 Å². The molecule has 0 radical (unpaired) electrons. The van der Waals surface area contributed by atoms with Crippen LogP contribution >= 0.6 is 0 Å². The molecular formula is C32H38N8O2. The summed E-state index contributed by atoms with van der Waals surface area (Å²) in [5, 5.41) is 11.9. The minimum atomic E-state index is -0.235. The molecule has 10 nitrogen and oxygen atoms in total. The molecule has 1 aromatic carbocycles. The molecule has 0 bridgehead atoms. The second kappa shape index (κ2) is 11.9. The summed E-state index contributed by atoms with van der Waals surface area (Å²) in [5.41, 5.74) is 4.39. The van der Waals surface area contributed by atoms with Crippen LogP contribution in [0.4, 0.5) is 11.5 Å². The first-order chi connectivity index (χ1) is 20.5. The molecule has 0 spiro atoms. The monoisotopic (exact) mass is 567 g/mol. The van der Waals surface area contributed by atoms with Gasteiger partial charge in [-0.05, 0) is 51.4 Å². The SMILES string of the molecule is C=CC(=O)N1CCN(c2nc(OC[C@@H]3CCCN3C)nc3c2CCN(c2cncc4cccc([13CH3])c24)C3)C[C@@H]1CC#N. The van der Waals surface area contributed by atoms with E-state index in [0.29, 0.717) is 44.8 Å². The molecule has 3 aromatic rings. The molecule has 2 atom stereocenters. The Balaban J connectivity index is 1.34. The van der Waals surface area contributed by atoms with E-state index in [-0.39, 0.29) is 18.4 Å². The number of nitriles is 1. The van der Waals surface area contributed by atoms with Crippen LogP contribution in [0.2, 0.25) is 0 Å². The minimum absolute atomic E-state index is 0.140. The summed E-state index contributed by atoms with van der Waals surface area (Å²) in [7, 11) is 2.14. The zero-order valence-electron chi connectivity index (χ0n) is 24.5. The number of aryl methyl sites for hydroxylation is 1. The summed E-state index contributed by atoms with van der Waals surface area (Å²) < 4.78 is 6.29. The van der Waals surface area contributed by atoms with Crippen molar-refractivity contribution in [3.8, 4) is 12.1 Å². The van der Waals surface area contributed by atoms with Crippen molar-refractivity contribution in [3.05, 3.63) is 60.1 Å². The minimum Gasteiger partial charge on any atom is -0.462 e. The van der Waals surface area contributed by atoms with E-state index in [0.717, 1.165) is 54.1 Å². The van der Waals surface area contributed by atoms with Crippen molar-refractivity contribution in [2.24, 2.45) is 0 Å². The molecule has 0 saturated carbocycles. The number of nitrogens with zero attached hydrogens (tertiary/aromatic N) is 8. The van der Waals surface area contributed by atoms with Crippen LogP contribution in [0, 0.1) is 18.3 Å². The van der Waals surface area contributed by atoms with Crippen LogP contribution in [0.1, 0.15) is 36.1 Å². The molecule has 3 aliphatic heterocycles. The Morgan fingerprint density at radius 3 is 2.83 bits per heavy atom. The lowest BCUT2D eigenvalue weighted by Crippen LogP contribution is -2.55. The number of hydrogen-bond donors (Lipinski definition) is 0. The van der Waals surface area contributed by atoms with E-state index in [1.807, 2.05) is 12.4 Å². The van der Waals surface area contributed by atoms with E-state index in [1.165, 1.54) is 23.4 Å². The van der Waals surface area contributed by atoms with Gasteiger partial charge < -0.3 is 24.3 Å². The first-order valence-electron chi connectivity index (χ1n) is 14.8. The van der Waals surface area contributed by atoms with E-state index < -0.39 is 0 Å². The molecular weight excluding hydrogens is 529 g/mol. The van der Waals surface area contributed by atoms with Gasteiger partial charge in [-0.15, -0.1) is 0 Å². The van der Waals surface area contributed by atoms with Gasteiger partial charge in [0, 0.05) is 54.8 Å². The molecule has 5 heterocycles. The number of carbonyl (C=O) groups excluding carboxylic acids is 1. The molecule has 6 rings (SSSR count).